The molecule has 0 heterocycles. The molecule has 0 aliphatic carbocycles. The second kappa shape index (κ2) is 5.09. The van der Waals surface area contributed by atoms with Crippen LogP contribution in [0.2, 0.25) is 0 Å². The summed E-state index contributed by atoms with van der Waals surface area (Å²) < 4.78 is 28.3. The number of nitrogens with two attached hydrogens (primary N) is 1. The maximum absolute atomic E-state index is 11.7. The lowest BCUT2D eigenvalue weighted by Gasteiger charge is -2.21. The molecule has 1 unspecified atom stereocenters. The molecular weight excluding hydrogens is 202 g/mol. The van der Waals surface area contributed by atoms with Crippen molar-refractivity contribution in [1.29, 1.82) is 0 Å². The van der Waals surface area contributed by atoms with Gasteiger partial charge in [-0.25, -0.2) is 8.42 Å². The quantitative estimate of drug-likeness (QED) is 0.714. The fraction of sp³-hybridized carbons (Fsp3) is 1.00. The van der Waals surface area contributed by atoms with Crippen molar-refractivity contribution in [1.82, 2.24) is 0 Å². The molecule has 0 fully saturated rings. The molecule has 0 aromatic heterocycles. The summed E-state index contributed by atoms with van der Waals surface area (Å²) >= 11 is 0. The molecule has 0 rings (SSSR count). The van der Waals surface area contributed by atoms with Crippen molar-refractivity contribution < 1.29 is 13.2 Å². The van der Waals surface area contributed by atoms with Crippen LogP contribution in [0.3, 0.4) is 0 Å². The summed E-state index contributed by atoms with van der Waals surface area (Å²) in [5.41, 5.74) is 5.01. The third kappa shape index (κ3) is 5.57. The maximum Gasteiger partial charge on any atom is 0.154 e. The third-order valence-electron chi connectivity index (χ3n) is 1.91. The first-order valence-electron chi connectivity index (χ1n) is 4.68. The Morgan fingerprint density at radius 2 is 1.93 bits per heavy atom. The first kappa shape index (κ1) is 13.9. The highest BCUT2D eigenvalue weighted by molar-refractivity contribution is 7.92. The van der Waals surface area contributed by atoms with E-state index >= 15 is 0 Å². The molecule has 0 saturated carbocycles. The Hall–Kier alpha value is -0.130. The van der Waals surface area contributed by atoms with Crippen molar-refractivity contribution in [3.8, 4) is 0 Å². The van der Waals surface area contributed by atoms with Crippen molar-refractivity contribution in [3.63, 3.8) is 0 Å². The van der Waals surface area contributed by atoms with Crippen LogP contribution in [0.25, 0.3) is 0 Å². The van der Waals surface area contributed by atoms with Gasteiger partial charge in [-0.3, -0.25) is 0 Å². The molecule has 0 aliphatic rings. The summed E-state index contributed by atoms with van der Waals surface area (Å²) in [7, 11) is -1.53. The summed E-state index contributed by atoms with van der Waals surface area (Å²) in [6, 6.07) is 0. The molecular formula is C9H21NO3S. The van der Waals surface area contributed by atoms with Gasteiger partial charge in [0, 0.05) is 19.3 Å². The topological polar surface area (TPSA) is 69.4 Å². The van der Waals surface area contributed by atoms with Gasteiger partial charge in [0.1, 0.15) is 0 Å². The Balaban J connectivity index is 4.32. The molecule has 0 aromatic rings. The van der Waals surface area contributed by atoms with Crippen LogP contribution in [0.15, 0.2) is 0 Å². The lowest BCUT2D eigenvalue weighted by atomic mass is 10.1. The van der Waals surface area contributed by atoms with E-state index in [0.717, 1.165) is 0 Å². The zero-order valence-electron chi connectivity index (χ0n) is 9.41. The number of hydrogen-bond acceptors (Lipinski definition) is 4. The van der Waals surface area contributed by atoms with Crippen LogP contribution in [0.1, 0.15) is 27.2 Å². The summed E-state index contributed by atoms with van der Waals surface area (Å²) in [5.74, 6) is 0.0187. The second-order valence-electron chi connectivity index (χ2n) is 4.39. The van der Waals surface area contributed by atoms with Crippen LogP contribution in [0, 0.1) is 0 Å². The fourth-order valence-corrected chi connectivity index (χ4v) is 2.90. The van der Waals surface area contributed by atoms with Gasteiger partial charge in [-0.05, 0) is 27.2 Å². The molecule has 4 nitrogen and oxygen atoms in total. The Morgan fingerprint density at radius 1 is 1.43 bits per heavy atom. The third-order valence-corrected chi connectivity index (χ3v) is 4.52. The van der Waals surface area contributed by atoms with Crippen molar-refractivity contribution in [2.24, 2.45) is 5.73 Å². The van der Waals surface area contributed by atoms with E-state index in [1.807, 2.05) is 0 Å². The molecule has 0 aliphatic heterocycles. The number of sulfone groups is 1. The van der Waals surface area contributed by atoms with Gasteiger partial charge >= 0.3 is 0 Å². The van der Waals surface area contributed by atoms with Crippen LogP contribution in [0.4, 0.5) is 0 Å². The molecule has 0 radical (unpaired) electrons. The van der Waals surface area contributed by atoms with Crippen molar-refractivity contribution in [2.45, 2.75) is 38.0 Å². The Bertz CT molecular complexity index is 254. The summed E-state index contributed by atoms with van der Waals surface area (Å²) in [6.07, 6.45) is 0.523. The monoisotopic (exact) mass is 223 g/mol. The van der Waals surface area contributed by atoms with Crippen molar-refractivity contribution in [2.75, 3.05) is 19.5 Å². The van der Waals surface area contributed by atoms with Crippen LogP contribution in [0.5, 0.6) is 0 Å². The summed E-state index contributed by atoms with van der Waals surface area (Å²) in [6.45, 7) is 5.59. The predicted molar refractivity (Wildman–Crippen MR) is 58.0 cm³/mol. The number of rotatable bonds is 6. The van der Waals surface area contributed by atoms with Crippen molar-refractivity contribution >= 4 is 9.84 Å². The van der Waals surface area contributed by atoms with E-state index in [1.165, 1.54) is 0 Å². The Kier molecular flexibility index (Phi) is 5.05. The van der Waals surface area contributed by atoms with Crippen molar-refractivity contribution in [3.05, 3.63) is 0 Å². The van der Waals surface area contributed by atoms with Gasteiger partial charge in [-0.1, -0.05) is 0 Å². The minimum atomic E-state index is -3.10. The smallest absolute Gasteiger partial charge is 0.154 e. The summed E-state index contributed by atoms with van der Waals surface area (Å²) in [4.78, 5) is 0. The molecule has 0 spiro atoms. The molecule has 14 heavy (non-hydrogen) atoms. The molecule has 0 bridgehead atoms. The van der Waals surface area contributed by atoms with Gasteiger partial charge in [-0.15, -0.1) is 0 Å². The largest absolute Gasteiger partial charge is 0.385 e. The first-order chi connectivity index (χ1) is 6.19. The average molecular weight is 223 g/mol. The van der Waals surface area contributed by atoms with Gasteiger partial charge in [0.2, 0.25) is 0 Å². The molecule has 2 N–H and O–H groups in total. The number of ether oxygens (including phenoxy) is 1. The molecule has 0 amide bonds. The van der Waals surface area contributed by atoms with Gasteiger partial charge in [0.15, 0.2) is 9.84 Å². The first-order valence-corrected chi connectivity index (χ1v) is 6.40. The molecule has 1 atom stereocenters. The van der Waals surface area contributed by atoms with E-state index in [-0.39, 0.29) is 11.0 Å². The van der Waals surface area contributed by atoms with E-state index in [1.54, 1.807) is 27.9 Å². The van der Waals surface area contributed by atoms with Gasteiger partial charge < -0.3 is 10.5 Å². The second-order valence-corrected chi connectivity index (χ2v) is 6.81. The maximum atomic E-state index is 11.7. The van der Waals surface area contributed by atoms with Crippen LogP contribution >= 0.6 is 0 Å². The number of methoxy groups -OCH3 is 1. The number of hydrogen-bond donors (Lipinski definition) is 1. The lowest BCUT2D eigenvalue weighted by molar-refractivity contribution is 0.194. The van der Waals surface area contributed by atoms with Crippen LogP contribution in [-0.2, 0) is 14.6 Å². The highest BCUT2D eigenvalue weighted by Gasteiger charge is 2.27. The van der Waals surface area contributed by atoms with E-state index in [9.17, 15) is 8.42 Å². The van der Waals surface area contributed by atoms with Crippen LogP contribution < -0.4 is 5.73 Å². The van der Waals surface area contributed by atoms with E-state index in [4.69, 9.17) is 10.5 Å². The van der Waals surface area contributed by atoms with E-state index in [2.05, 4.69) is 0 Å². The molecule has 0 aromatic carbocycles. The molecule has 5 heteroatoms. The van der Waals surface area contributed by atoms with Gasteiger partial charge in [-0.2, -0.15) is 0 Å². The Labute approximate surface area is 86.7 Å². The highest BCUT2D eigenvalue weighted by atomic mass is 32.2. The average Bonchev–Trinajstić information content (AvgIpc) is 1.95. The minimum Gasteiger partial charge on any atom is -0.385 e. The van der Waals surface area contributed by atoms with E-state index < -0.39 is 15.4 Å². The van der Waals surface area contributed by atoms with Crippen LogP contribution in [-0.4, -0.2) is 38.7 Å². The minimum absolute atomic E-state index is 0.0187. The van der Waals surface area contributed by atoms with Gasteiger partial charge in [0.25, 0.3) is 0 Å². The zero-order valence-corrected chi connectivity index (χ0v) is 10.2. The predicted octanol–water partition coefficient (Wildman–Crippen LogP) is 0.564. The highest BCUT2D eigenvalue weighted by Crippen LogP contribution is 2.12. The molecule has 86 valence electrons. The Morgan fingerprint density at radius 3 is 2.29 bits per heavy atom. The molecule has 0 saturated heterocycles. The zero-order chi connectivity index (χ0) is 11.4. The summed E-state index contributed by atoms with van der Waals surface area (Å²) in [5, 5.41) is -0.384. The van der Waals surface area contributed by atoms with Gasteiger partial charge in [0.05, 0.1) is 11.0 Å². The lowest BCUT2D eigenvalue weighted by Crippen LogP contribution is -2.42. The standard InChI is InChI=1S/C9H21NO3S/c1-8(5-6-13-4)14(11,12)7-9(2,3)10/h8H,5-7,10H2,1-4H3. The normalized spacial score (nSPS) is 15.5. The SMILES string of the molecule is COCCC(C)S(=O)(=O)CC(C)(C)N. The fourth-order valence-electron chi connectivity index (χ4n) is 1.12. The van der Waals surface area contributed by atoms with E-state index in [0.29, 0.717) is 13.0 Å².